The summed E-state index contributed by atoms with van der Waals surface area (Å²) in [4.78, 5) is 14.8. The highest BCUT2D eigenvalue weighted by molar-refractivity contribution is 5.84. The van der Waals surface area contributed by atoms with Crippen LogP contribution in [0.3, 0.4) is 0 Å². The SMILES string of the molecule is O=C(O)c1cn(Cc2noc(-c3ccc(F)cc3)n2)nn1. The van der Waals surface area contributed by atoms with Gasteiger partial charge in [0.1, 0.15) is 12.4 Å². The molecular weight excluding hydrogens is 281 g/mol. The lowest BCUT2D eigenvalue weighted by molar-refractivity contribution is 0.0690. The highest BCUT2D eigenvalue weighted by Crippen LogP contribution is 2.17. The number of benzene rings is 1. The predicted molar refractivity (Wildman–Crippen MR) is 65.8 cm³/mol. The zero-order chi connectivity index (χ0) is 14.8. The van der Waals surface area contributed by atoms with Gasteiger partial charge in [0, 0.05) is 5.56 Å². The molecule has 0 amide bonds. The van der Waals surface area contributed by atoms with Gasteiger partial charge in [-0.1, -0.05) is 10.4 Å². The van der Waals surface area contributed by atoms with Crippen LogP contribution in [0.1, 0.15) is 16.3 Å². The Morgan fingerprint density at radius 3 is 2.76 bits per heavy atom. The molecule has 0 unspecified atom stereocenters. The number of aromatic nitrogens is 5. The van der Waals surface area contributed by atoms with Gasteiger partial charge in [0.05, 0.1) is 6.20 Å². The fraction of sp³-hybridized carbons (Fsp3) is 0.0833. The summed E-state index contributed by atoms with van der Waals surface area (Å²) in [6.45, 7) is 0.116. The number of rotatable bonds is 4. The Hall–Kier alpha value is -3.10. The molecule has 21 heavy (non-hydrogen) atoms. The highest BCUT2D eigenvalue weighted by atomic mass is 19.1. The molecule has 2 aromatic heterocycles. The third-order valence-corrected chi connectivity index (χ3v) is 2.62. The summed E-state index contributed by atoms with van der Waals surface area (Å²) in [6.07, 6.45) is 1.26. The molecule has 9 heteroatoms. The van der Waals surface area contributed by atoms with Gasteiger partial charge in [-0.15, -0.1) is 5.10 Å². The lowest BCUT2D eigenvalue weighted by Crippen LogP contribution is -2.02. The second-order valence-corrected chi connectivity index (χ2v) is 4.13. The van der Waals surface area contributed by atoms with Crippen molar-refractivity contribution in [3.63, 3.8) is 0 Å². The first-order chi connectivity index (χ1) is 10.1. The van der Waals surface area contributed by atoms with Crippen molar-refractivity contribution in [2.24, 2.45) is 0 Å². The van der Waals surface area contributed by atoms with E-state index in [9.17, 15) is 9.18 Å². The lowest BCUT2D eigenvalue weighted by Gasteiger charge is -1.93. The summed E-state index contributed by atoms with van der Waals surface area (Å²) in [7, 11) is 0. The van der Waals surface area contributed by atoms with Crippen molar-refractivity contribution in [1.82, 2.24) is 25.1 Å². The molecule has 0 spiro atoms. The summed E-state index contributed by atoms with van der Waals surface area (Å²) in [5.41, 5.74) is 0.414. The number of hydrogen-bond acceptors (Lipinski definition) is 6. The third-order valence-electron chi connectivity index (χ3n) is 2.62. The topological polar surface area (TPSA) is 107 Å². The molecule has 0 bridgehead atoms. The molecule has 1 N–H and O–H groups in total. The second-order valence-electron chi connectivity index (χ2n) is 4.13. The maximum absolute atomic E-state index is 12.8. The number of carboxylic acid groups (broad SMARTS) is 1. The summed E-state index contributed by atoms with van der Waals surface area (Å²) in [5, 5.41) is 19.6. The Balaban J connectivity index is 1.78. The van der Waals surface area contributed by atoms with Crippen LogP contribution >= 0.6 is 0 Å². The van der Waals surface area contributed by atoms with Gasteiger partial charge >= 0.3 is 5.97 Å². The molecular formula is C12H8FN5O3. The van der Waals surface area contributed by atoms with Crippen molar-refractivity contribution in [1.29, 1.82) is 0 Å². The number of carbonyl (C=O) groups is 1. The Morgan fingerprint density at radius 1 is 1.33 bits per heavy atom. The van der Waals surface area contributed by atoms with Gasteiger partial charge < -0.3 is 9.63 Å². The Labute approximate surface area is 116 Å². The first-order valence-corrected chi connectivity index (χ1v) is 5.84. The minimum Gasteiger partial charge on any atom is -0.476 e. The quantitative estimate of drug-likeness (QED) is 0.769. The van der Waals surface area contributed by atoms with Crippen LogP contribution in [-0.4, -0.2) is 36.2 Å². The monoisotopic (exact) mass is 289 g/mol. The molecule has 106 valence electrons. The van der Waals surface area contributed by atoms with Crippen LogP contribution in [0.25, 0.3) is 11.5 Å². The van der Waals surface area contributed by atoms with Crippen molar-refractivity contribution >= 4 is 5.97 Å². The molecule has 0 aliphatic carbocycles. The smallest absolute Gasteiger partial charge is 0.358 e. The van der Waals surface area contributed by atoms with Crippen LogP contribution in [0, 0.1) is 5.82 Å². The van der Waals surface area contributed by atoms with Crippen LogP contribution in [0.2, 0.25) is 0 Å². The zero-order valence-corrected chi connectivity index (χ0v) is 10.5. The lowest BCUT2D eigenvalue weighted by atomic mass is 10.2. The molecule has 3 aromatic rings. The maximum Gasteiger partial charge on any atom is 0.358 e. The number of aromatic carboxylic acids is 1. The van der Waals surface area contributed by atoms with Gasteiger partial charge in [0.25, 0.3) is 5.89 Å². The van der Waals surface area contributed by atoms with E-state index in [1.165, 1.54) is 35.1 Å². The number of nitrogens with zero attached hydrogens (tertiary/aromatic N) is 5. The first-order valence-electron chi connectivity index (χ1n) is 5.84. The molecule has 0 saturated carbocycles. The van der Waals surface area contributed by atoms with E-state index >= 15 is 0 Å². The average Bonchev–Trinajstić information content (AvgIpc) is 3.10. The van der Waals surface area contributed by atoms with Crippen LogP contribution in [-0.2, 0) is 6.54 Å². The minimum atomic E-state index is -1.17. The molecule has 0 aliphatic rings. The molecule has 0 aliphatic heterocycles. The zero-order valence-electron chi connectivity index (χ0n) is 10.5. The molecule has 3 rings (SSSR count). The van der Waals surface area contributed by atoms with E-state index in [0.29, 0.717) is 11.4 Å². The molecule has 0 atom stereocenters. The summed E-state index contributed by atoms with van der Waals surface area (Å²) < 4.78 is 19.2. The van der Waals surface area contributed by atoms with Gasteiger partial charge in [-0.05, 0) is 24.3 Å². The van der Waals surface area contributed by atoms with E-state index in [0.717, 1.165) is 0 Å². The van der Waals surface area contributed by atoms with Gasteiger partial charge in [-0.25, -0.2) is 13.9 Å². The maximum atomic E-state index is 12.8. The van der Waals surface area contributed by atoms with Crippen molar-refractivity contribution in [2.75, 3.05) is 0 Å². The predicted octanol–water partition coefficient (Wildman–Crippen LogP) is 1.21. The molecule has 8 nitrogen and oxygen atoms in total. The van der Waals surface area contributed by atoms with Gasteiger partial charge in [-0.2, -0.15) is 4.98 Å². The van der Waals surface area contributed by atoms with E-state index in [1.807, 2.05) is 0 Å². The Bertz CT molecular complexity index is 780. The third kappa shape index (κ3) is 2.76. The van der Waals surface area contributed by atoms with Crippen LogP contribution in [0.4, 0.5) is 4.39 Å². The van der Waals surface area contributed by atoms with Gasteiger partial charge in [-0.3, -0.25) is 0 Å². The van der Waals surface area contributed by atoms with Crippen molar-refractivity contribution in [3.05, 3.63) is 47.8 Å². The number of halogens is 1. The van der Waals surface area contributed by atoms with Gasteiger partial charge in [0.2, 0.25) is 0 Å². The van der Waals surface area contributed by atoms with Crippen molar-refractivity contribution in [2.45, 2.75) is 6.54 Å². The first kappa shape index (κ1) is 12.9. The number of carboxylic acids is 1. The van der Waals surface area contributed by atoms with Crippen molar-refractivity contribution < 1.29 is 18.8 Å². The summed E-state index contributed by atoms with van der Waals surface area (Å²) >= 11 is 0. The van der Waals surface area contributed by atoms with E-state index in [1.54, 1.807) is 0 Å². The van der Waals surface area contributed by atoms with Crippen LogP contribution in [0.15, 0.2) is 35.0 Å². The standard InChI is InChI=1S/C12H8FN5O3/c13-8-3-1-7(2-4-8)11-14-10(16-21-11)6-18-5-9(12(19)20)15-17-18/h1-5H,6H2,(H,19,20). The average molecular weight is 289 g/mol. The van der Waals surface area contributed by atoms with E-state index in [2.05, 4.69) is 20.5 Å². The molecule has 2 heterocycles. The summed E-state index contributed by atoms with van der Waals surface area (Å²) in [5.74, 6) is -0.983. The van der Waals surface area contributed by atoms with E-state index in [4.69, 9.17) is 9.63 Å². The fourth-order valence-corrected chi connectivity index (χ4v) is 1.65. The molecule has 1 aromatic carbocycles. The van der Waals surface area contributed by atoms with Crippen LogP contribution in [0.5, 0.6) is 0 Å². The van der Waals surface area contributed by atoms with Crippen molar-refractivity contribution in [3.8, 4) is 11.5 Å². The van der Waals surface area contributed by atoms with E-state index in [-0.39, 0.29) is 23.9 Å². The molecule has 0 fully saturated rings. The molecule has 0 radical (unpaired) electrons. The largest absolute Gasteiger partial charge is 0.476 e. The normalized spacial score (nSPS) is 10.7. The second kappa shape index (κ2) is 5.12. The number of hydrogen-bond donors (Lipinski definition) is 1. The highest BCUT2D eigenvalue weighted by Gasteiger charge is 2.12. The van der Waals surface area contributed by atoms with E-state index < -0.39 is 5.97 Å². The fourth-order valence-electron chi connectivity index (χ4n) is 1.65. The summed E-state index contributed by atoms with van der Waals surface area (Å²) in [6, 6.07) is 5.61. The molecule has 0 saturated heterocycles. The van der Waals surface area contributed by atoms with Gasteiger partial charge in [0.15, 0.2) is 11.5 Å². The Morgan fingerprint density at radius 2 is 2.10 bits per heavy atom. The Kier molecular flexibility index (Phi) is 3.14. The minimum absolute atomic E-state index is 0.116. The van der Waals surface area contributed by atoms with Crippen LogP contribution < -0.4 is 0 Å².